The van der Waals surface area contributed by atoms with Gasteiger partial charge in [-0.25, -0.2) is 19.4 Å². The third-order valence-corrected chi connectivity index (χ3v) is 3.23. The van der Waals surface area contributed by atoms with Crippen molar-refractivity contribution in [2.75, 3.05) is 0 Å². The van der Waals surface area contributed by atoms with E-state index in [-0.39, 0.29) is 6.42 Å². The van der Waals surface area contributed by atoms with Gasteiger partial charge in [-0.2, -0.15) is 4.90 Å². The normalized spacial score (nSPS) is 13.0. The molecule has 9 heteroatoms. The molecule has 0 aliphatic rings. The first-order valence-corrected chi connectivity index (χ1v) is 8.74. The summed E-state index contributed by atoms with van der Waals surface area (Å²) in [5.41, 5.74) is -1.78. The summed E-state index contributed by atoms with van der Waals surface area (Å²) in [5, 5.41) is 9.62. The minimum atomic E-state index is -1.40. The van der Waals surface area contributed by atoms with Gasteiger partial charge in [0.15, 0.2) is 0 Å². The fourth-order valence-electron chi connectivity index (χ4n) is 2.20. The van der Waals surface area contributed by atoms with Crippen LogP contribution >= 0.6 is 0 Å². The number of aromatic nitrogens is 2. The van der Waals surface area contributed by atoms with Crippen LogP contribution in [0.15, 0.2) is 18.7 Å². The Balaban J connectivity index is 3.00. The van der Waals surface area contributed by atoms with Crippen LogP contribution in [-0.2, 0) is 20.8 Å². The summed E-state index contributed by atoms with van der Waals surface area (Å²) in [6, 6.07) is -1.40. The average molecular weight is 383 g/mol. The maximum Gasteiger partial charge on any atom is 0.420 e. The number of ether oxygens (including phenoxy) is 2. The number of carbonyl (C=O) groups excluding carboxylic acids is 2. The molecule has 1 unspecified atom stereocenters. The molecule has 1 aromatic rings. The Kier molecular flexibility index (Phi) is 7.38. The van der Waals surface area contributed by atoms with Crippen LogP contribution in [0, 0.1) is 0 Å². The molecule has 1 N–H and O–H groups in total. The van der Waals surface area contributed by atoms with Crippen LogP contribution in [-0.4, -0.2) is 55.0 Å². The number of hydrogen-bond donors (Lipinski definition) is 1. The number of aliphatic carboxylic acids is 1. The molecule has 0 fully saturated rings. The van der Waals surface area contributed by atoms with Crippen LogP contribution in [0.1, 0.15) is 54.4 Å². The zero-order valence-electron chi connectivity index (χ0n) is 16.8. The molecule has 152 valence electrons. The summed E-state index contributed by atoms with van der Waals surface area (Å²) >= 11 is 0. The summed E-state index contributed by atoms with van der Waals surface area (Å²) in [5.74, 6) is -1.31. The van der Waals surface area contributed by atoms with Crippen LogP contribution in [0.3, 0.4) is 0 Å². The number of hydrogen-bond acceptors (Lipinski definition) is 6. The van der Waals surface area contributed by atoms with Gasteiger partial charge in [-0.05, 0) is 54.4 Å². The molecule has 1 rings (SSSR count). The highest BCUT2D eigenvalue weighted by atomic mass is 16.6. The molecule has 1 atom stereocenters. The second kappa shape index (κ2) is 8.88. The monoisotopic (exact) mass is 383 g/mol. The second-order valence-electron chi connectivity index (χ2n) is 8.13. The summed E-state index contributed by atoms with van der Waals surface area (Å²) in [6.07, 6.45) is 3.33. The third-order valence-electron chi connectivity index (χ3n) is 3.23. The predicted molar refractivity (Wildman–Crippen MR) is 97.2 cm³/mol. The van der Waals surface area contributed by atoms with Crippen molar-refractivity contribution < 1.29 is 29.0 Å². The topological polar surface area (TPSA) is 111 Å². The van der Waals surface area contributed by atoms with Gasteiger partial charge in [-0.1, -0.05) is 0 Å². The highest BCUT2D eigenvalue weighted by Crippen LogP contribution is 2.19. The number of rotatable bonds is 6. The summed E-state index contributed by atoms with van der Waals surface area (Å²) in [4.78, 5) is 41.4. The maximum absolute atomic E-state index is 12.5. The van der Waals surface area contributed by atoms with Gasteiger partial charge in [-0.3, -0.25) is 0 Å². The maximum atomic E-state index is 12.5. The lowest BCUT2D eigenvalue weighted by atomic mass is 10.1. The molecule has 0 bridgehead atoms. The van der Waals surface area contributed by atoms with Crippen LogP contribution in [0.2, 0.25) is 0 Å². The van der Waals surface area contributed by atoms with E-state index in [0.29, 0.717) is 17.9 Å². The number of carbonyl (C=O) groups is 3. The Morgan fingerprint density at radius 3 is 1.96 bits per heavy atom. The molecule has 1 heterocycles. The minimum Gasteiger partial charge on any atom is -0.480 e. The minimum absolute atomic E-state index is 0.0476. The van der Waals surface area contributed by atoms with E-state index < -0.39 is 35.4 Å². The van der Waals surface area contributed by atoms with Crippen LogP contribution in [0.25, 0.3) is 0 Å². The molecule has 9 nitrogen and oxygen atoms in total. The highest BCUT2D eigenvalue weighted by molar-refractivity contribution is 5.93. The van der Waals surface area contributed by atoms with Gasteiger partial charge in [0, 0.05) is 18.9 Å². The number of amides is 2. The first-order valence-electron chi connectivity index (χ1n) is 8.74. The summed E-state index contributed by atoms with van der Waals surface area (Å²) in [7, 11) is 0. The van der Waals surface area contributed by atoms with Gasteiger partial charge in [0.2, 0.25) is 0 Å². The lowest BCUT2D eigenvalue weighted by Crippen LogP contribution is -2.52. The van der Waals surface area contributed by atoms with E-state index in [1.807, 2.05) is 0 Å². The SMILES string of the molecule is CC(C)(C)OC(=O)N(C(=O)OC(C)(C)C)C(CCCn1ccnc1)C(=O)O. The van der Waals surface area contributed by atoms with Crippen molar-refractivity contribution in [1.29, 1.82) is 0 Å². The van der Waals surface area contributed by atoms with Crippen molar-refractivity contribution in [2.24, 2.45) is 0 Å². The van der Waals surface area contributed by atoms with Gasteiger partial charge >= 0.3 is 18.2 Å². The molecule has 0 aliphatic carbocycles. The van der Waals surface area contributed by atoms with Crippen molar-refractivity contribution in [1.82, 2.24) is 14.5 Å². The van der Waals surface area contributed by atoms with E-state index in [9.17, 15) is 19.5 Å². The number of carboxylic acid groups (broad SMARTS) is 1. The van der Waals surface area contributed by atoms with Gasteiger partial charge in [-0.15, -0.1) is 0 Å². The molecule has 27 heavy (non-hydrogen) atoms. The molecule has 1 aromatic heterocycles. The molecule has 0 saturated carbocycles. The standard InChI is InChI=1S/C18H29N3O6/c1-17(2,3)26-15(24)21(16(25)27-18(4,5)6)13(14(22)23)8-7-10-20-11-9-19-12-20/h9,11-13H,7-8,10H2,1-6H3,(H,22,23). The van der Waals surface area contributed by atoms with E-state index in [4.69, 9.17) is 9.47 Å². The molecular weight excluding hydrogens is 354 g/mol. The lowest BCUT2D eigenvalue weighted by Gasteiger charge is -2.31. The van der Waals surface area contributed by atoms with E-state index in [0.717, 1.165) is 0 Å². The van der Waals surface area contributed by atoms with Crippen LogP contribution in [0.4, 0.5) is 9.59 Å². The van der Waals surface area contributed by atoms with Crippen LogP contribution in [0.5, 0.6) is 0 Å². The van der Waals surface area contributed by atoms with Gasteiger partial charge < -0.3 is 19.1 Å². The Morgan fingerprint density at radius 2 is 1.59 bits per heavy atom. The fraction of sp³-hybridized carbons (Fsp3) is 0.667. The Bertz CT molecular complexity index is 615. The van der Waals surface area contributed by atoms with Crippen LogP contribution < -0.4 is 0 Å². The molecule has 0 radical (unpaired) electrons. The molecular formula is C18H29N3O6. The predicted octanol–water partition coefficient (Wildman–Crippen LogP) is 3.29. The molecule has 0 aromatic carbocycles. The summed E-state index contributed by atoms with van der Waals surface area (Å²) < 4.78 is 12.2. The van der Waals surface area contributed by atoms with Crippen molar-refractivity contribution >= 4 is 18.2 Å². The summed E-state index contributed by atoms with van der Waals surface area (Å²) in [6.45, 7) is 10.3. The van der Waals surface area contributed by atoms with Gasteiger partial charge in [0.05, 0.1) is 6.33 Å². The first kappa shape index (κ1) is 22.5. The number of imidazole rings is 1. The zero-order chi connectivity index (χ0) is 20.8. The number of carboxylic acids is 1. The third kappa shape index (κ3) is 8.10. The van der Waals surface area contributed by atoms with Gasteiger partial charge in [0.1, 0.15) is 17.2 Å². The smallest absolute Gasteiger partial charge is 0.420 e. The Labute approximate surface area is 159 Å². The lowest BCUT2D eigenvalue weighted by molar-refractivity contribution is -0.143. The van der Waals surface area contributed by atoms with E-state index in [2.05, 4.69) is 4.98 Å². The van der Waals surface area contributed by atoms with E-state index in [1.54, 1.807) is 64.8 Å². The van der Waals surface area contributed by atoms with Crippen molar-refractivity contribution in [3.8, 4) is 0 Å². The first-order chi connectivity index (χ1) is 12.3. The largest absolute Gasteiger partial charge is 0.480 e. The zero-order valence-corrected chi connectivity index (χ0v) is 16.8. The van der Waals surface area contributed by atoms with Crippen molar-refractivity contribution in [3.63, 3.8) is 0 Å². The quantitative estimate of drug-likeness (QED) is 0.802. The molecule has 2 amide bonds. The fourth-order valence-corrected chi connectivity index (χ4v) is 2.20. The molecule has 0 aliphatic heterocycles. The second-order valence-corrected chi connectivity index (χ2v) is 8.13. The van der Waals surface area contributed by atoms with Crippen molar-refractivity contribution in [2.45, 2.75) is 78.2 Å². The molecule has 0 spiro atoms. The van der Waals surface area contributed by atoms with E-state index >= 15 is 0 Å². The Morgan fingerprint density at radius 1 is 1.07 bits per heavy atom. The van der Waals surface area contributed by atoms with Gasteiger partial charge in [0.25, 0.3) is 0 Å². The number of imide groups is 1. The molecule has 0 saturated heterocycles. The van der Waals surface area contributed by atoms with E-state index in [1.165, 1.54) is 0 Å². The number of aryl methyl sites for hydroxylation is 1. The van der Waals surface area contributed by atoms with Crippen molar-refractivity contribution in [3.05, 3.63) is 18.7 Å². The number of nitrogens with zero attached hydrogens (tertiary/aromatic N) is 3. The average Bonchev–Trinajstić information content (AvgIpc) is 2.95. The highest BCUT2D eigenvalue weighted by Gasteiger charge is 2.40. The Hall–Kier alpha value is -2.58.